The van der Waals surface area contributed by atoms with E-state index in [0.29, 0.717) is 0 Å². The zero-order chi connectivity index (χ0) is 13.7. The fraction of sp³-hybridized carbons (Fsp3) is 0.533. The topological polar surface area (TPSA) is 27.1 Å². The molecular weight excluding hydrogens is 256 g/mol. The maximum absolute atomic E-state index is 5.67. The van der Waals surface area contributed by atoms with Crippen molar-refractivity contribution in [3.63, 3.8) is 0 Å². The first-order valence-electron chi connectivity index (χ1n) is 7.03. The van der Waals surface area contributed by atoms with Crippen molar-refractivity contribution in [3.05, 3.63) is 24.0 Å². The van der Waals surface area contributed by atoms with E-state index in [1.807, 2.05) is 12.1 Å². The van der Waals surface area contributed by atoms with E-state index >= 15 is 0 Å². The largest absolute Gasteiger partial charge is 0.494 e. The number of imidazole rings is 1. The first-order valence-corrected chi connectivity index (χ1v) is 7.66. The number of aryl methyl sites for hydroxylation is 2. The minimum atomic E-state index is 0.755. The number of hydrogen-bond acceptors (Lipinski definition) is 3. The van der Waals surface area contributed by atoms with Crippen molar-refractivity contribution < 1.29 is 4.74 Å². The van der Waals surface area contributed by atoms with Gasteiger partial charge in [0.15, 0.2) is 0 Å². The number of nitrogens with zero attached hydrogens (tertiary/aromatic N) is 2. The summed E-state index contributed by atoms with van der Waals surface area (Å²) in [6.45, 7) is 6.06. The monoisotopic (exact) mass is 278 g/mol. The van der Waals surface area contributed by atoms with E-state index in [2.05, 4.69) is 37.1 Å². The Kier molecular flexibility index (Phi) is 5.14. The lowest BCUT2D eigenvalue weighted by Crippen LogP contribution is -2.04. The molecule has 0 unspecified atom stereocenters. The summed E-state index contributed by atoms with van der Waals surface area (Å²) < 4.78 is 7.97. The standard InChI is InChI=1S/C15H22N2OS/c1-3-8-17-14-6-5-12(18-9-4-2)11-13(14)16-15(17)7-10-19/h5-6,11,19H,3-4,7-10H2,1-2H3. The van der Waals surface area contributed by atoms with E-state index in [0.717, 1.165) is 55.3 Å². The summed E-state index contributed by atoms with van der Waals surface area (Å²) in [7, 11) is 0. The van der Waals surface area contributed by atoms with E-state index < -0.39 is 0 Å². The molecule has 0 aliphatic carbocycles. The fourth-order valence-electron chi connectivity index (χ4n) is 2.23. The molecule has 2 rings (SSSR count). The number of aromatic nitrogens is 2. The normalized spacial score (nSPS) is 11.1. The molecule has 0 radical (unpaired) electrons. The SMILES string of the molecule is CCCOc1ccc2c(c1)nc(CCS)n2CCC. The number of ether oxygens (including phenoxy) is 1. The van der Waals surface area contributed by atoms with Crippen LogP contribution in [0.5, 0.6) is 5.75 Å². The van der Waals surface area contributed by atoms with Crippen molar-refractivity contribution in [2.45, 2.75) is 39.7 Å². The van der Waals surface area contributed by atoms with Gasteiger partial charge in [0.25, 0.3) is 0 Å². The van der Waals surface area contributed by atoms with E-state index in [-0.39, 0.29) is 0 Å². The van der Waals surface area contributed by atoms with Crippen LogP contribution >= 0.6 is 12.6 Å². The molecule has 0 aliphatic rings. The van der Waals surface area contributed by atoms with Crippen LogP contribution in [0.15, 0.2) is 18.2 Å². The van der Waals surface area contributed by atoms with Gasteiger partial charge < -0.3 is 9.30 Å². The molecule has 104 valence electrons. The van der Waals surface area contributed by atoms with E-state index in [1.54, 1.807) is 0 Å². The molecule has 19 heavy (non-hydrogen) atoms. The van der Waals surface area contributed by atoms with Crippen LogP contribution in [-0.2, 0) is 13.0 Å². The number of hydrogen-bond donors (Lipinski definition) is 1. The van der Waals surface area contributed by atoms with Crippen LogP contribution in [0, 0.1) is 0 Å². The molecule has 0 atom stereocenters. The summed E-state index contributed by atoms with van der Waals surface area (Å²) in [6, 6.07) is 6.19. The highest BCUT2D eigenvalue weighted by molar-refractivity contribution is 7.80. The van der Waals surface area contributed by atoms with Crippen LogP contribution < -0.4 is 4.74 Å². The Balaban J connectivity index is 2.37. The second kappa shape index (κ2) is 6.85. The molecule has 1 heterocycles. The molecule has 0 aliphatic heterocycles. The summed E-state index contributed by atoms with van der Waals surface area (Å²) in [4.78, 5) is 4.72. The molecule has 3 nitrogen and oxygen atoms in total. The lowest BCUT2D eigenvalue weighted by Gasteiger charge is -2.07. The highest BCUT2D eigenvalue weighted by Crippen LogP contribution is 2.23. The van der Waals surface area contributed by atoms with Crippen LogP contribution in [0.25, 0.3) is 11.0 Å². The van der Waals surface area contributed by atoms with Crippen LogP contribution in [-0.4, -0.2) is 21.9 Å². The highest BCUT2D eigenvalue weighted by atomic mass is 32.1. The summed E-state index contributed by atoms with van der Waals surface area (Å²) >= 11 is 4.32. The molecule has 2 aromatic rings. The average molecular weight is 278 g/mol. The Bertz CT molecular complexity index is 536. The predicted octanol–water partition coefficient (Wildman–Crippen LogP) is 3.71. The van der Waals surface area contributed by atoms with Gasteiger partial charge in [-0.15, -0.1) is 0 Å². The van der Waals surface area contributed by atoms with Crippen molar-refractivity contribution in [1.29, 1.82) is 0 Å². The van der Waals surface area contributed by atoms with Gasteiger partial charge in [0, 0.05) is 19.0 Å². The van der Waals surface area contributed by atoms with Crippen LogP contribution in [0.1, 0.15) is 32.5 Å². The molecule has 1 aromatic heterocycles. The third-order valence-electron chi connectivity index (χ3n) is 3.05. The zero-order valence-corrected chi connectivity index (χ0v) is 12.6. The highest BCUT2D eigenvalue weighted by Gasteiger charge is 2.10. The first-order chi connectivity index (χ1) is 9.30. The van der Waals surface area contributed by atoms with Gasteiger partial charge >= 0.3 is 0 Å². The summed E-state index contributed by atoms with van der Waals surface area (Å²) in [5, 5.41) is 0. The molecule has 0 N–H and O–H groups in total. The van der Waals surface area contributed by atoms with Crippen LogP contribution in [0.3, 0.4) is 0 Å². The number of thiol groups is 1. The minimum Gasteiger partial charge on any atom is -0.494 e. The van der Waals surface area contributed by atoms with Gasteiger partial charge in [-0.1, -0.05) is 13.8 Å². The van der Waals surface area contributed by atoms with Crippen molar-refractivity contribution in [3.8, 4) is 5.75 Å². The molecule has 0 bridgehead atoms. The summed E-state index contributed by atoms with van der Waals surface area (Å²) in [6.07, 6.45) is 3.04. The molecule has 4 heteroatoms. The van der Waals surface area contributed by atoms with Crippen LogP contribution in [0.4, 0.5) is 0 Å². The maximum Gasteiger partial charge on any atom is 0.121 e. The lowest BCUT2D eigenvalue weighted by atomic mass is 10.3. The lowest BCUT2D eigenvalue weighted by molar-refractivity contribution is 0.318. The number of benzene rings is 1. The van der Waals surface area contributed by atoms with Crippen molar-refractivity contribution in [2.24, 2.45) is 0 Å². The quantitative estimate of drug-likeness (QED) is 0.782. The van der Waals surface area contributed by atoms with Crippen molar-refractivity contribution in [2.75, 3.05) is 12.4 Å². The third kappa shape index (κ3) is 3.24. The number of fused-ring (bicyclic) bond motifs is 1. The Hall–Kier alpha value is -1.16. The third-order valence-corrected chi connectivity index (χ3v) is 3.28. The van der Waals surface area contributed by atoms with Gasteiger partial charge in [-0.2, -0.15) is 12.6 Å². The van der Waals surface area contributed by atoms with E-state index in [4.69, 9.17) is 9.72 Å². The Labute approximate surface area is 120 Å². The van der Waals surface area contributed by atoms with E-state index in [1.165, 1.54) is 5.52 Å². The Morgan fingerprint density at radius 2 is 2.11 bits per heavy atom. The van der Waals surface area contributed by atoms with Crippen molar-refractivity contribution in [1.82, 2.24) is 9.55 Å². The molecule has 1 aromatic carbocycles. The van der Waals surface area contributed by atoms with Gasteiger partial charge in [-0.25, -0.2) is 4.98 Å². The second-order valence-corrected chi connectivity index (χ2v) is 5.10. The van der Waals surface area contributed by atoms with Gasteiger partial charge in [0.2, 0.25) is 0 Å². The first kappa shape index (κ1) is 14.3. The molecule has 0 spiro atoms. The second-order valence-electron chi connectivity index (χ2n) is 4.65. The number of rotatable bonds is 7. The minimum absolute atomic E-state index is 0.755. The Morgan fingerprint density at radius 1 is 1.26 bits per heavy atom. The summed E-state index contributed by atoms with van der Waals surface area (Å²) in [5.74, 6) is 2.86. The van der Waals surface area contributed by atoms with Crippen molar-refractivity contribution >= 4 is 23.7 Å². The Morgan fingerprint density at radius 3 is 2.79 bits per heavy atom. The fourth-order valence-corrected chi connectivity index (χ4v) is 2.43. The maximum atomic E-state index is 5.67. The van der Waals surface area contributed by atoms with Gasteiger partial charge in [-0.05, 0) is 30.7 Å². The predicted molar refractivity (Wildman–Crippen MR) is 83.4 cm³/mol. The van der Waals surface area contributed by atoms with Crippen LogP contribution in [0.2, 0.25) is 0 Å². The smallest absolute Gasteiger partial charge is 0.121 e. The van der Waals surface area contributed by atoms with Gasteiger partial charge in [0.1, 0.15) is 11.6 Å². The molecule has 0 fully saturated rings. The zero-order valence-electron chi connectivity index (χ0n) is 11.7. The molecular formula is C15H22N2OS. The van der Waals surface area contributed by atoms with E-state index in [9.17, 15) is 0 Å². The molecule has 0 saturated heterocycles. The molecule has 0 saturated carbocycles. The average Bonchev–Trinajstić information content (AvgIpc) is 2.75. The van der Waals surface area contributed by atoms with Gasteiger partial charge in [0.05, 0.1) is 17.6 Å². The summed E-state index contributed by atoms with van der Waals surface area (Å²) in [5.41, 5.74) is 2.22. The van der Waals surface area contributed by atoms with Gasteiger partial charge in [-0.3, -0.25) is 0 Å². The molecule has 0 amide bonds.